The number of carbonyl (C=O) groups is 5. The lowest BCUT2D eigenvalue weighted by Crippen LogP contribution is -2.58. The molecule has 384 valence electrons. The molecule has 1 aliphatic carbocycles. The molecule has 0 radical (unpaired) electrons. The highest BCUT2D eigenvalue weighted by Gasteiger charge is 2.39. The van der Waals surface area contributed by atoms with Crippen LogP contribution >= 0.6 is 23.2 Å². The van der Waals surface area contributed by atoms with Gasteiger partial charge < -0.3 is 44.3 Å². The quantitative estimate of drug-likeness (QED) is 0.135. The van der Waals surface area contributed by atoms with Crippen molar-refractivity contribution in [2.24, 2.45) is 13.0 Å². The number of fused-ring (bicyclic) bond motifs is 1. The summed E-state index contributed by atoms with van der Waals surface area (Å²) in [6, 6.07) is 17.8. The van der Waals surface area contributed by atoms with E-state index in [4.69, 9.17) is 32.7 Å². The zero-order valence-corrected chi connectivity index (χ0v) is 43.6. The number of hydrogen-bond acceptors (Lipinski definition) is 10. The third-order valence-corrected chi connectivity index (χ3v) is 14.3. The van der Waals surface area contributed by atoms with Crippen molar-refractivity contribution in [3.63, 3.8) is 0 Å². The van der Waals surface area contributed by atoms with Crippen LogP contribution in [0.1, 0.15) is 62.4 Å². The second kappa shape index (κ2) is 24.4. The van der Waals surface area contributed by atoms with E-state index in [1.54, 1.807) is 79.4 Å². The fourth-order valence-corrected chi connectivity index (χ4v) is 9.94. The highest BCUT2D eigenvalue weighted by Crippen LogP contribution is 2.33. The molecule has 0 spiro atoms. The second-order valence-corrected chi connectivity index (χ2v) is 20.1. The minimum Gasteiger partial charge on any atom is -0.457 e. The summed E-state index contributed by atoms with van der Waals surface area (Å²) in [6.07, 6.45) is 8.09. The molecule has 2 aliphatic rings. The fourth-order valence-electron chi connectivity index (χ4n) is 9.65. The van der Waals surface area contributed by atoms with Gasteiger partial charge in [0.05, 0.1) is 50.1 Å². The SMILES string of the molecule is COC[C@@H]1NC(=O)[C@H](C)N(Cc2ccc(Cl)cc2Oc2ccc(-c3cnc(CN(C)C)n3C)cc2)C(=O)CC(Cn2cccn2)C(=O)N(C)[C@H]2CCCC[C@@H]2NC(=O)C[C@H](Cc2ccc(Cl)cc2)N(C)C1=O. The lowest BCUT2D eigenvalue weighted by Gasteiger charge is -2.40. The van der Waals surface area contributed by atoms with Gasteiger partial charge in [0.2, 0.25) is 29.5 Å². The Balaban J connectivity index is 1.24. The predicted octanol–water partition coefficient (Wildman–Crippen LogP) is 6.36. The van der Waals surface area contributed by atoms with Gasteiger partial charge in [0, 0.05) is 86.7 Å². The van der Waals surface area contributed by atoms with E-state index in [0.717, 1.165) is 35.5 Å². The lowest BCUT2D eigenvalue weighted by atomic mass is 9.88. The molecule has 3 heterocycles. The van der Waals surface area contributed by atoms with Gasteiger partial charge in [0.15, 0.2) is 0 Å². The number of halogens is 2. The molecule has 17 nitrogen and oxygen atoms in total. The summed E-state index contributed by atoms with van der Waals surface area (Å²) >= 11 is 12.8. The van der Waals surface area contributed by atoms with Crippen LogP contribution < -0.4 is 15.4 Å². The summed E-state index contributed by atoms with van der Waals surface area (Å²) in [5, 5.41) is 11.4. The third kappa shape index (κ3) is 13.4. The Labute approximate surface area is 431 Å². The second-order valence-electron chi connectivity index (χ2n) is 19.2. The number of amides is 5. The first-order valence-electron chi connectivity index (χ1n) is 24.3. The molecule has 2 fully saturated rings. The van der Waals surface area contributed by atoms with E-state index in [-0.39, 0.29) is 56.4 Å². The minimum absolute atomic E-state index is 0.0576. The highest BCUT2D eigenvalue weighted by atomic mass is 35.5. The summed E-state index contributed by atoms with van der Waals surface area (Å²) in [5.74, 6) is -1.37. The smallest absolute Gasteiger partial charge is 0.247 e. The Morgan fingerprint density at radius 3 is 2.26 bits per heavy atom. The number of ether oxygens (including phenoxy) is 2. The van der Waals surface area contributed by atoms with Gasteiger partial charge in [-0.2, -0.15) is 5.10 Å². The number of nitrogens with one attached hydrogen (secondary N) is 2. The van der Waals surface area contributed by atoms with Crippen molar-refractivity contribution in [2.75, 3.05) is 41.9 Å². The Morgan fingerprint density at radius 2 is 1.57 bits per heavy atom. The molecule has 19 heteroatoms. The maximum atomic E-state index is 15.1. The van der Waals surface area contributed by atoms with E-state index >= 15 is 4.79 Å². The molecule has 6 atom stereocenters. The Hall–Kier alpha value is -6.27. The summed E-state index contributed by atoms with van der Waals surface area (Å²) < 4.78 is 15.7. The van der Waals surface area contributed by atoms with Crippen molar-refractivity contribution in [1.82, 2.24) is 49.6 Å². The summed E-state index contributed by atoms with van der Waals surface area (Å²) in [5.41, 5.74) is 3.25. The molecule has 2 aromatic heterocycles. The van der Waals surface area contributed by atoms with Crippen LogP contribution in [0.5, 0.6) is 11.5 Å². The van der Waals surface area contributed by atoms with Crippen molar-refractivity contribution in [2.45, 2.75) is 102 Å². The molecule has 0 bridgehead atoms. The van der Waals surface area contributed by atoms with Crippen LogP contribution in [0.2, 0.25) is 10.0 Å². The first kappa shape index (κ1) is 53.5. The molecule has 7 rings (SSSR count). The molecule has 72 heavy (non-hydrogen) atoms. The first-order chi connectivity index (χ1) is 34.5. The van der Waals surface area contributed by atoms with Gasteiger partial charge in [-0.3, -0.25) is 28.7 Å². The number of aromatic nitrogens is 4. The van der Waals surface area contributed by atoms with Gasteiger partial charge in [-0.1, -0.05) is 54.2 Å². The van der Waals surface area contributed by atoms with Gasteiger partial charge in [-0.05, 0) is 100 Å². The Kier molecular flexibility index (Phi) is 18.2. The molecule has 1 aliphatic heterocycles. The molecule has 5 amide bonds. The van der Waals surface area contributed by atoms with Gasteiger partial charge in [-0.25, -0.2) is 4.98 Å². The van der Waals surface area contributed by atoms with Crippen LogP contribution in [0, 0.1) is 5.92 Å². The van der Waals surface area contributed by atoms with E-state index < -0.39 is 41.8 Å². The Bertz CT molecular complexity index is 2660. The van der Waals surface area contributed by atoms with Crippen molar-refractivity contribution in [1.29, 1.82) is 0 Å². The van der Waals surface area contributed by atoms with Crippen molar-refractivity contribution >= 4 is 52.7 Å². The first-order valence-corrected chi connectivity index (χ1v) is 25.1. The van der Waals surface area contributed by atoms with Crippen LogP contribution in [0.15, 0.2) is 91.4 Å². The van der Waals surface area contributed by atoms with E-state index in [2.05, 4.69) is 25.6 Å². The number of imidazole rings is 1. The number of benzene rings is 3. The number of hydrogen-bond donors (Lipinski definition) is 2. The van der Waals surface area contributed by atoms with Crippen molar-refractivity contribution in [3.05, 3.63) is 118 Å². The molecular formula is C53H66Cl2N10O7. The molecule has 1 saturated carbocycles. The number of nitrogens with zero attached hydrogens (tertiary/aromatic N) is 8. The van der Waals surface area contributed by atoms with Gasteiger partial charge in [-0.15, -0.1) is 0 Å². The average Bonchev–Trinajstić information content (AvgIpc) is 4.01. The van der Waals surface area contributed by atoms with Crippen LogP contribution in [0.4, 0.5) is 0 Å². The number of methoxy groups -OCH3 is 1. The summed E-state index contributed by atoms with van der Waals surface area (Å²) in [4.78, 5) is 84.7. The monoisotopic (exact) mass is 1020 g/mol. The molecule has 5 aromatic rings. The minimum atomic E-state index is -1.20. The summed E-state index contributed by atoms with van der Waals surface area (Å²) in [7, 11) is 10.7. The molecular weight excluding hydrogens is 960 g/mol. The van der Waals surface area contributed by atoms with Gasteiger partial charge in [0.1, 0.15) is 29.4 Å². The van der Waals surface area contributed by atoms with Crippen LogP contribution in [0.3, 0.4) is 0 Å². The zero-order chi connectivity index (χ0) is 51.6. The van der Waals surface area contributed by atoms with Crippen LogP contribution in [-0.4, -0.2) is 141 Å². The van der Waals surface area contributed by atoms with E-state index in [1.807, 2.05) is 68.3 Å². The number of likely N-dealkylation sites (N-methyl/N-ethyl adjacent to an activating group) is 2. The third-order valence-electron chi connectivity index (χ3n) is 13.8. The molecule has 1 unspecified atom stereocenters. The van der Waals surface area contributed by atoms with Crippen LogP contribution in [0.25, 0.3) is 11.3 Å². The largest absolute Gasteiger partial charge is 0.457 e. The Morgan fingerprint density at radius 1 is 0.847 bits per heavy atom. The predicted molar refractivity (Wildman–Crippen MR) is 275 cm³/mol. The topological polar surface area (TPSA) is 176 Å². The number of rotatable bonds is 13. The van der Waals surface area contributed by atoms with Gasteiger partial charge >= 0.3 is 0 Å². The highest BCUT2D eigenvalue weighted by molar-refractivity contribution is 6.31. The lowest BCUT2D eigenvalue weighted by molar-refractivity contribution is -0.147. The van der Waals surface area contributed by atoms with Crippen molar-refractivity contribution < 1.29 is 33.4 Å². The van der Waals surface area contributed by atoms with E-state index in [1.165, 1.54) is 16.9 Å². The summed E-state index contributed by atoms with van der Waals surface area (Å²) in [6.45, 7) is 2.01. The standard InChI is InChI=1S/C53H66Cl2N10O7/c1-34-51(68)59-44(33-71-7)53(70)61(4)41(25-35-13-18-39(54)19-14-35)28-49(66)58-43-11-8-9-12-45(43)63(6)52(69)38(30-64-24-10-23-57-64)26-50(67)65(34)31-37-15-20-40(55)27-47(37)72-42-21-16-36(17-22-42)46-29-56-48(62(46)5)32-60(2)3/h10,13-24,27,29,34,38,41,43-45H,8-9,11-12,25-26,28,30-33H2,1-7H3,(H,58,66)(H,59,68)/t34-,38?,41-,43-,44-,45-/m0/s1. The molecule has 1 saturated heterocycles. The average molecular weight is 1030 g/mol. The molecule has 3 aromatic carbocycles. The molecule has 2 N–H and O–H groups in total. The maximum Gasteiger partial charge on any atom is 0.247 e. The number of carbonyl (C=O) groups excluding carboxylic acids is 5. The maximum absolute atomic E-state index is 15.1. The van der Waals surface area contributed by atoms with E-state index in [0.29, 0.717) is 52.9 Å². The normalized spacial score (nSPS) is 22.1. The zero-order valence-electron chi connectivity index (χ0n) is 42.1. The van der Waals surface area contributed by atoms with Gasteiger partial charge in [0.25, 0.3) is 0 Å². The van der Waals surface area contributed by atoms with Crippen LogP contribution in [-0.2, 0) is 61.8 Å². The fraction of sp³-hybridized carbons (Fsp3) is 0.453. The van der Waals surface area contributed by atoms with E-state index in [9.17, 15) is 19.2 Å². The van der Waals surface area contributed by atoms with Crippen molar-refractivity contribution in [3.8, 4) is 22.8 Å².